The molecule has 0 aliphatic heterocycles. The Morgan fingerprint density at radius 1 is 1.09 bits per heavy atom. The highest BCUT2D eigenvalue weighted by atomic mass is 35.5. The second-order valence-electron chi connectivity index (χ2n) is 7.49. The molecule has 0 aliphatic carbocycles. The van der Waals surface area contributed by atoms with Crippen LogP contribution in [-0.4, -0.2) is 27.4 Å². The molecule has 0 saturated heterocycles. The van der Waals surface area contributed by atoms with E-state index < -0.39 is 18.0 Å². The SMILES string of the molecule is CC(F)/C(=C(/c1ccc(/C=C/C(=O)O)cc1)c1ccc2[nH]ncc2c1)c1ccc(F)cc1Cl. The lowest BCUT2D eigenvalue weighted by molar-refractivity contribution is -0.131. The van der Waals surface area contributed by atoms with Gasteiger partial charge in [-0.2, -0.15) is 5.10 Å². The molecule has 4 aromatic rings. The van der Waals surface area contributed by atoms with E-state index >= 15 is 4.39 Å². The molecule has 1 atom stereocenters. The predicted octanol–water partition coefficient (Wildman–Crippen LogP) is 6.77. The van der Waals surface area contributed by atoms with E-state index in [1.165, 1.54) is 25.1 Å². The van der Waals surface area contributed by atoms with Gasteiger partial charge in [0.2, 0.25) is 0 Å². The summed E-state index contributed by atoms with van der Waals surface area (Å²) < 4.78 is 28.9. The third kappa shape index (κ3) is 4.86. The van der Waals surface area contributed by atoms with Crippen molar-refractivity contribution in [3.8, 4) is 0 Å². The maximum absolute atomic E-state index is 15.2. The average Bonchev–Trinajstić information content (AvgIpc) is 3.25. The zero-order valence-corrected chi connectivity index (χ0v) is 18.3. The second-order valence-corrected chi connectivity index (χ2v) is 7.90. The van der Waals surface area contributed by atoms with Gasteiger partial charge in [0.05, 0.1) is 16.7 Å². The number of nitrogens with one attached hydrogen (secondary N) is 1. The molecule has 4 rings (SSSR count). The number of H-pyrrole nitrogens is 1. The number of carboxylic acids is 1. The fourth-order valence-electron chi connectivity index (χ4n) is 3.76. The number of rotatable bonds is 6. The number of aromatic amines is 1. The first-order chi connectivity index (χ1) is 15.8. The number of hydrogen-bond acceptors (Lipinski definition) is 2. The van der Waals surface area contributed by atoms with Crippen molar-refractivity contribution in [2.75, 3.05) is 0 Å². The van der Waals surface area contributed by atoms with Crippen LogP contribution in [0.1, 0.15) is 29.2 Å². The van der Waals surface area contributed by atoms with E-state index in [1.807, 2.05) is 18.2 Å². The van der Waals surface area contributed by atoms with Crippen LogP contribution in [0.4, 0.5) is 8.78 Å². The molecule has 166 valence electrons. The average molecular weight is 465 g/mol. The smallest absolute Gasteiger partial charge is 0.328 e. The number of benzene rings is 3. The Hall–Kier alpha value is -3.77. The summed E-state index contributed by atoms with van der Waals surface area (Å²) in [5, 5.41) is 16.8. The number of nitrogens with zero attached hydrogens (tertiary/aromatic N) is 1. The van der Waals surface area contributed by atoms with E-state index in [-0.39, 0.29) is 5.02 Å². The van der Waals surface area contributed by atoms with Crippen LogP contribution in [0.2, 0.25) is 5.02 Å². The molecule has 0 saturated carbocycles. The van der Waals surface area contributed by atoms with E-state index in [4.69, 9.17) is 16.7 Å². The molecule has 7 heteroatoms. The van der Waals surface area contributed by atoms with Crippen molar-refractivity contribution in [3.63, 3.8) is 0 Å². The summed E-state index contributed by atoms with van der Waals surface area (Å²) >= 11 is 6.34. The van der Waals surface area contributed by atoms with Gasteiger partial charge in [0.1, 0.15) is 12.0 Å². The molecule has 1 unspecified atom stereocenters. The van der Waals surface area contributed by atoms with Crippen LogP contribution in [0.25, 0.3) is 28.1 Å². The van der Waals surface area contributed by atoms with Crippen LogP contribution in [0.5, 0.6) is 0 Å². The van der Waals surface area contributed by atoms with E-state index in [0.29, 0.717) is 27.8 Å². The second kappa shape index (κ2) is 9.38. The number of carboxylic acid groups (broad SMARTS) is 1. The zero-order valence-electron chi connectivity index (χ0n) is 17.5. The van der Waals surface area contributed by atoms with E-state index in [0.717, 1.165) is 28.6 Å². The highest BCUT2D eigenvalue weighted by Crippen LogP contribution is 2.39. The van der Waals surface area contributed by atoms with Crippen LogP contribution >= 0.6 is 11.6 Å². The molecule has 1 aromatic heterocycles. The van der Waals surface area contributed by atoms with Crippen molar-refractivity contribution >= 4 is 45.7 Å². The first-order valence-electron chi connectivity index (χ1n) is 10.1. The van der Waals surface area contributed by atoms with Crippen molar-refractivity contribution in [1.29, 1.82) is 0 Å². The van der Waals surface area contributed by atoms with Gasteiger partial charge in [0.15, 0.2) is 0 Å². The molecule has 1 heterocycles. The van der Waals surface area contributed by atoms with Crippen molar-refractivity contribution in [2.24, 2.45) is 0 Å². The van der Waals surface area contributed by atoms with Crippen LogP contribution in [-0.2, 0) is 4.79 Å². The Morgan fingerprint density at radius 3 is 2.48 bits per heavy atom. The highest BCUT2D eigenvalue weighted by molar-refractivity contribution is 6.33. The van der Waals surface area contributed by atoms with E-state index in [1.54, 1.807) is 30.5 Å². The maximum atomic E-state index is 15.2. The maximum Gasteiger partial charge on any atom is 0.328 e. The molecular weight excluding hydrogens is 446 g/mol. The fraction of sp³-hybridized carbons (Fsp3) is 0.0769. The summed E-state index contributed by atoms with van der Waals surface area (Å²) in [5.41, 5.74) is 4.25. The van der Waals surface area contributed by atoms with Gasteiger partial charge in [0, 0.05) is 17.0 Å². The standard InChI is InChI=1S/C26H19ClF2N2O2/c1-15(28)25(21-9-8-20(29)13-22(21)27)26(18-7-10-23-19(12-18)14-30-31-23)17-5-2-16(3-6-17)4-11-24(32)33/h2-15H,1H3,(H,30,31)(H,32,33)/b11-4+,26-25+. The minimum Gasteiger partial charge on any atom is -0.478 e. The van der Waals surface area contributed by atoms with Crippen molar-refractivity contribution in [2.45, 2.75) is 13.1 Å². The normalized spacial score (nSPS) is 13.3. The Morgan fingerprint density at radius 2 is 1.82 bits per heavy atom. The monoisotopic (exact) mass is 464 g/mol. The summed E-state index contributed by atoms with van der Waals surface area (Å²) in [6.45, 7) is 1.41. The van der Waals surface area contributed by atoms with Gasteiger partial charge < -0.3 is 5.11 Å². The molecule has 0 spiro atoms. The zero-order chi connectivity index (χ0) is 23.5. The number of alkyl halides is 1. The lowest BCUT2D eigenvalue weighted by Crippen LogP contribution is -2.05. The number of allylic oxidation sites excluding steroid dienone is 1. The molecule has 3 aromatic carbocycles. The molecule has 0 radical (unpaired) electrons. The summed E-state index contributed by atoms with van der Waals surface area (Å²) in [7, 11) is 0. The molecule has 0 bridgehead atoms. The van der Waals surface area contributed by atoms with Crippen LogP contribution in [0.15, 0.2) is 72.9 Å². The Bertz CT molecular complexity index is 1390. The van der Waals surface area contributed by atoms with Crippen molar-refractivity contribution < 1.29 is 18.7 Å². The molecule has 33 heavy (non-hydrogen) atoms. The number of carbonyl (C=O) groups is 1. The summed E-state index contributed by atoms with van der Waals surface area (Å²) in [6, 6.07) is 16.6. The summed E-state index contributed by atoms with van der Waals surface area (Å²) in [5.74, 6) is -1.56. The first-order valence-corrected chi connectivity index (χ1v) is 10.5. The van der Waals surface area contributed by atoms with Gasteiger partial charge in [-0.1, -0.05) is 48.0 Å². The third-order valence-corrected chi connectivity index (χ3v) is 5.55. The lowest BCUT2D eigenvalue weighted by Gasteiger charge is -2.19. The predicted molar refractivity (Wildman–Crippen MR) is 127 cm³/mol. The minimum absolute atomic E-state index is 0.109. The molecule has 4 nitrogen and oxygen atoms in total. The summed E-state index contributed by atoms with van der Waals surface area (Å²) in [6.07, 6.45) is 2.78. The highest BCUT2D eigenvalue weighted by Gasteiger charge is 2.22. The van der Waals surface area contributed by atoms with Gasteiger partial charge in [-0.15, -0.1) is 0 Å². The molecular formula is C26H19ClF2N2O2. The molecule has 0 amide bonds. The Labute approximate surface area is 193 Å². The number of halogens is 3. The number of aromatic nitrogens is 2. The lowest BCUT2D eigenvalue weighted by atomic mass is 9.87. The molecule has 0 fully saturated rings. The van der Waals surface area contributed by atoms with Gasteiger partial charge in [0.25, 0.3) is 0 Å². The van der Waals surface area contributed by atoms with Gasteiger partial charge >= 0.3 is 5.97 Å². The van der Waals surface area contributed by atoms with Crippen LogP contribution < -0.4 is 0 Å². The molecule has 0 aliphatic rings. The fourth-order valence-corrected chi connectivity index (χ4v) is 4.03. The van der Waals surface area contributed by atoms with Gasteiger partial charge in [-0.05, 0) is 65.1 Å². The topological polar surface area (TPSA) is 66.0 Å². The Kier molecular flexibility index (Phi) is 6.38. The quantitative estimate of drug-likeness (QED) is 0.244. The first kappa shape index (κ1) is 22.4. The van der Waals surface area contributed by atoms with Crippen molar-refractivity contribution in [1.82, 2.24) is 10.2 Å². The van der Waals surface area contributed by atoms with Crippen LogP contribution in [0.3, 0.4) is 0 Å². The largest absolute Gasteiger partial charge is 0.478 e. The summed E-state index contributed by atoms with van der Waals surface area (Å²) in [4.78, 5) is 10.8. The van der Waals surface area contributed by atoms with Crippen LogP contribution in [0, 0.1) is 5.82 Å². The minimum atomic E-state index is -1.42. The molecule has 2 N–H and O–H groups in total. The van der Waals surface area contributed by atoms with E-state index in [2.05, 4.69) is 10.2 Å². The van der Waals surface area contributed by atoms with Crippen molar-refractivity contribution in [3.05, 3.63) is 106 Å². The van der Waals surface area contributed by atoms with E-state index in [9.17, 15) is 9.18 Å². The number of aliphatic carboxylic acids is 1. The number of fused-ring (bicyclic) bond motifs is 1. The van der Waals surface area contributed by atoms with Gasteiger partial charge in [-0.25, -0.2) is 13.6 Å². The third-order valence-electron chi connectivity index (χ3n) is 5.24. The van der Waals surface area contributed by atoms with Gasteiger partial charge in [-0.3, -0.25) is 5.10 Å². The Balaban J connectivity index is 1.97. The number of hydrogen-bond donors (Lipinski definition) is 2.